The minimum atomic E-state index is -0.664. The Morgan fingerprint density at radius 2 is 2.11 bits per heavy atom. The number of hydrogen-bond donors (Lipinski definition) is 2. The molecule has 2 heterocycles. The van der Waals surface area contributed by atoms with E-state index in [-0.39, 0.29) is 16.9 Å². The maximum Gasteiger partial charge on any atom is 0.271 e. The molecule has 0 atom stereocenters. The monoisotopic (exact) mass is 247 g/mol. The number of aromatic nitrogens is 3. The van der Waals surface area contributed by atoms with Crippen LogP contribution in [0.25, 0.3) is 0 Å². The van der Waals surface area contributed by atoms with Crippen molar-refractivity contribution in [1.29, 1.82) is 0 Å². The van der Waals surface area contributed by atoms with Gasteiger partial charge >= 0.3 is 0 Å². The van der Waals surface area contributed by atoms with Crippen LogP contribution in [0, 0.1) is 0 Å². The highest BCUT2D eigenvalue weighted by molar-refractivity contribution is 5.95. The van der Waals surface area contributed by atoms with Gasteiger partial charge in [-0.15, -0.1) is 0 Å². The van der Waals surface area contributed by atoms with E-state index in [1.807, 2.05) is 0 Å². The Morgan fingerprint density at radius 1 is 1.33 bits per heavy atom. The van der Waals surface area contributed by atoms with Gasteiger partial charge < -0.3 is 16.0 Å². The Hall–Kier alpha value is -2.57. The van der Waals surface area contributed by atoms with Crippen LogP contribution in [0.2, 0.25) is 0 Å². The molecule has 2 aromatic heterocycles. The SMILES string of the molecule is NC(=O)c1nn(CCn2ccccc2=O)cc1N. The van der Waals surface area contributed by atoms with E-state index in [1.54, 1.807) is 22.9 Å². The summed E-state index contributed by atoms with van der Waals surface area (Å²) in [6, 6.07) is 4.93. The predicted molar refractivity (Wildman–Crippen MR) is 65.9 cm³/mol. The third-order valence-electron chi connectivity index (χ3n) is 2.49. The van der Waals surface area contributed by atoms with Crippen molar-refractivity contribution >= 4 is 11.6 Å². The Kier molecular flexibility index (Phi) is 3.13. The molecule has 0 aliphatic heterocycles. The van der Waals surface area contributed by atoms with Gasteiger partial charge in [-0.05, 0) is 6.07 Å². The number of carbonyl (C=O) groups is 1. The van der Waals surface area contributed by atoms with E-state index in [0.717, 1.165) is 0 Å². The summed E-state index contributed by atoms with van der Waals surface area (Å²) in [4.78, 5) is 22.4. The van der Waals surface area contributed by atoms with E-state index >= 15 is 0 Å². The second kappa shape index (κ2) is 4.74. The molecule has 0 aromatic carbocycles. The fourth-order valence-electron chi connectivity index (χ4n) is 1.60. The summed E-state index contributed by atoms with van der Waals surface area (Å²) in [5.74, 6) is -0.664. The number of aryl methyl sites for hydroxylation is 2. The zero-order chi connectivity index (χ0) is 13.1. The fourth-order valence-corrected chi connectivity index (χ4v) is 1.60. The quantitative estimate of drug-likeness (QED) is 0.753. The molecule has 4 N–H and O–H groups in total. The Morgan fingerprint density at radius 3 is 2.72 bits per heavy atom. The molecule has 0 unspecified atom stereocenters. The van der Waals surface area contributed by atoms with Gasteiger partial charge in [0.05, 0.1) is 12.2 Å². The van der Waals surface area contributed by atoms with Crippen LogP contribution < -0.4 is 17.0 Å². The standard InChI is InChI=1S/C11H13N5O2/c12-8-7-16(14-10(8)11(13)18)6-5-15-4-2-1-3-9(15)17/h1-4,7H,5-6,12H2,(H2,13,18). The van der Waals surface area contributed by atoms with Crippen molar-refractivity contribution in [1.82, 2.24) is 14.3 Å². The lowest BCUT2D eigenvalue weighted by atomic mass is 10.4. The maximum absolute atomic E-state index is 11.5. The first-order chi connectivity index (χ1) is 8.58. The van der Waals surface area contributed by atoms with Crippen LogP contribution in [0.5, 0.6) is 0 Å². The third-order valence-corrected chi connectivity index (χ3v) is 2.49. The Bertz CT molecular complexity index is 628. The third kappa shape index (κ3) is 2.40. The van der Waals surface area contributed by atoms with Gasteiger partial charge in [-0.2, -0.15) is 5.10 Å². The molecule has 94 valence electrons. The second-order valence-electron chi connectivity index (χ2n) is 3.79. The molecular formula is C11H13N5O2. The van der Waals surface area contributed by atoms with Gasteiger partial charge in [-0.3, -0.25) is 14.3 Å². The number of nitrogens with two attached hydrogens (primary N) is 2. The smallest absolute Gasteiger partial charge is 0.271 e. The molecule has 0 radical (unpaired) electrons. The lowest BCUT2D eigenvalue weighted by Crippen LogP contribution is -2.21. The molecule has 2 rings (SSSR count). The molecular weight excluding hydrogens is 234 g/mol. The van der Waals surface area contributed by atoms with Gasteiger partial charge in [-0.25, -0.2) is 0 Å². The van der Waals surface area contributed by atoms with E-state index in [1.165, 1.54) is 16.9 Å². The van der Waals surface area contributed by atoms with Crippen LogP contribution in [0.15, 0.2) is 35.4 Å². The first-order valence-electron chi connectivity index (χ1n) is 5.36. The summed E-state index contributed by atoms with van der Waals surface area (Å²) in [5.41, 5.74) is 10.9. The summed E-state index contributed by atoms with van der Waals surface area (Å²) >= 11 is 0. The summed E-state index contributed by atoms with van der Waals surface area (Å²) in [6.45, 7) is 0.875. The largest absolute Gasteiger partial charge is 0.396 e. The zero-order valence-electron chi connectivity index (χ0n) is 9.61. The number of hydrogen-bond acceptors (Lipinski definition) is 4. The molecule has 2 aromatic rings. The minimum absolute atomic E-state index is 0.0513. The molecule has 7 heteroatoms. The molecule has 0 aliphatic carbocycles. The summed E-state index contributed by atoms with van der Waals surface area (Å²) in [5, 5.41) is 3.96. The van der Waals surface area contributed by atoms with Crippen molar-refractivity contribution in [2.45, 2.75) is 13.1 Å². The molecule has 0 aliphatic rings. The highest BCUT2D eigenvalue weighted by atomic mass is 16.1. The van der Waals surface area contributed by atoms with Crippen molar-refractivity contribution in [2.24, 2.45) is 5.73 Å². The number of amides is 1. The number of nitrogens with zero attached hydrogens (tertiary/aromatic N) is 3. The first kappa shape index (κ1) is 11.9. The second-order valence-corrected chi connectivity index (χ2v) is 3.79. The van der Waals surface area contributed by atoms with Gasteiger partial charge in [0.15, 0.2) is 5.69 Å². The van der Waals surface area contributed by atoms with Crippen molar-refractivity contribution in [3.63, 3.8) is 0 Å². The van der Waals surface area contributed by atoms with Crippen LogP contribution in [-0.2, 0) is 13.1 Å². The minimum Gasteiger partial charge on any atom is -0.396 e. The number of pyridine rings is 1. The van der Waals surface area contributed by atoms with E-state index in [2.05, 4.69) is 5.10 Å². The number of primary amides is 1. The van der Waals surface area contributed by atoms with Gasteiger partial charge in [-0.1, -0.05) is 6.07 Å². The van der Waals surface area contributed by atoms with Crippen molar-refractivity contribution in [2.75, 3.05) is 5.73 Å². The van der Waals surface area contributed by atoms with E-state index in [9.17, 15) is 9.59 Å². The number of anilines is 1. The van der Waals surface area contributed by atoms with Gasteiger partial charge in [0, 0.05) is 25.0 Å². The average molecular weight is 247 g/mol. The van der Waals surface area contributed by atoms with Gasteiger partial charge in [0.2, 0.25) is 0 Å². The molecule has 0 fully saturated rings. The number of carbonyl (C=O) groups excluding carboxylic acids is 1. The predicted octanol–water partition coefficient (Wildman–Crippen LogP) is -0.574. The van der Waals surface area contributed by atoms with Crippen LogP contribution in [-0.4, -0.2) is 20.3 Å². The average Bonchev–Trinajstić information content (AvgIpc) is 2.70. The number of rotatable bonds is 4. The molecule has 0 saturated heterocycles. The summed E-state index contributed by atoms with van der Waals surface area (Å²) < 4.78 is 3.04. The lowest BCUT2D eigenvalue weighted by molar-refractivity contribution is 0.0995. The van der Waals surface area contributed by atoms with E-state index < -0.39 is 5.91 Å². The maximum atomic E-state index is 11.5. The zero-order valence-corrected chi connectivity index (χ0v) is 9.61. The van der Waals surface area contributed by atoms with Crippen LogP contribution in [0.4, 0.5) is 5.69 Å². The molecule has 1 amide bonds. The normalized spacial score (nSPS) is 10.4. The van der Waals surface area contributed by atoms with Gasteiger partial charge in [0.25, 0.3) is 11.5 Å². The Balaban J connectivity index is 2.12. The fraction of sp³-hybridized carbons (Fsp3) is 0.182. The molecule has 0 bridgehead atoms. The van der Waals surface area contributed by atoms with Crippen molar-refractivity contribution < 1.29 is 4.79 Å². The van der Waals surface area contributed by atoms with Crippen molar-refractivity contribution in [3.05, 3.63) is 46.6 Å². The van der Waals surface area contributed by atoms with Gasteiger partial charge in [0.1, 0.15) is 0 Å². The van der Waals surface area contributed by atoms with E-state index in [4.69, 9.17) is 11.5 Å². The lowest BCUT2D eigenvalue weighted by Gasteiger charge is -2.04. The molecule has 0 spiro atoms. The highest BCUT2D eigenvalue weighted by Gasteiger charge is 2.10. The molecule has 18 heavy (non-hydrogen) atoms. The van der Waals surface area contributed by atoms with E-state index in [0.29, 0.717) is 13.1 Å². The van der Waals surface area contributed by atoms with Crippen LogP contribution in [0.3, 0.4) is 0 Å². The molecule has 0 saturated carbocycles. The number of nitrogen functional groups attached to an aromatic ring is 1. The molecule has 7 nitrogen and oxygen atoms in total. The summed E-state index contributed by atoms with van der Waals surface area (Å²) in [6.07, 6.45) is 3.21. The first-order valence-corrected chi connectivity index (χ1v) is 5.36. The van der Waals surface area contributed by atoms with Crippen LogP contribution in [0.1, 0.15) is 10.5 Å². The summed E-state index contributed by atoms with van der Waals surface area (Å²) in [7, 11) is 0. The topological polar surface area (TPSA) is 109 Å². The van der Waals surface area contributed by atoms with Crippen molar-refractivity contribution in [3.8, 4) is 0 Å². The van der Waals surface area contributed by atoms with Crippen LogP contribution >= 0.6 is 0 Å². The highest BCUT2D eigenvalue weighted by Crippen LogP contribution is 2.07. The Labute approximate surface area is 103 Å².